The van der Waals surface area contributed by atoms with Crippen LogP contribution >= 0.6 is 23.2 Å². The molecule has 2 rings (SSSR count). The SMILES string of the molecule is CCOC(=O)[C@@H](CC(C)C)N1C(=O)c2cc(Cl)c(Cl)cc2C1=O. The molecule has 23 heavy (non-hydrogen) atoms. The number of benzene rings is 1. The Hall–Kier alpha value is -1.59. The molecule has 0 saturated heterocycles. The number of hydrogen-bond donors (Lipinski definition) is 0. The Bertz CT molecular complexity index is 631. The summed E-state index contributed by atoms with van der Waals surface area (Å²) in [7, 11) is 0. The van der Waals surface area contributed by atoms with Crippen LogP contribution in [0.2, 0.25) is 10.0 Å². The summed E-state index contributed by atoms with van der Waals surface area (Å²) in [6.45, 7) is 5.65. The van der Waals surface area contributed by atoms with E-state index in [9.17, 15) is 14.4 Å². The second-order valence-electron chi connectivity index (χ2n) is 5.69. The van der Waals surface area contributed by atoms with Crippen molar-refractivity contribution in [3.05, 3.63) is 33.3 Å². The maximum Gasteiger partial charge on any atom is 0.329 e. The van der Waals surface area contributed by atoms with Gasteiger partial charge in [0.25, 0.3) is 11.8 Å². The van der Waals surface area contributed by atoms with E-state index < -0.39 is 23.8 Å². The highest BCUT2D eigenvalue weighted by Crippen LogP contribution is 2.33. The average Bonchev–Trinajstić information content (AvgIpc) is 2.69. The minimum absolute atomic E-state index is 0.0981. The van der Waals surface area contributed by atoms with Gasteiger partial charge < -0.3 is 4.74 Å². The van der Waals surface area contributed by atoms with E-state index in [4.69, 9.17) is 27.9 Å². The monoisotopic (exact) mass is 357 g/mol. The zero-order valence-electron chi connectivity index (χ0n) is 13.1. The summed E-state index contributed by atoms with van der Waals surface area (Å²) in [6.07, 6.45) is 0.325. The first-order valence-corrected chi connectivity index (χ1v) is 8.07. The van der Waals surface area contributed by atoms with E-state index in [0.717, 1.165) is 4.90 Å². The lowest BCUT2D eigenvalue weighted by Crippen LogP contribution is -2.46. The van der Waals surface area contributed by atoms with Gasteiger partial charge >= 0.3 is 5.97 Å². The Kier molecular flexibility index (Phi) is 5.32. The van der Waals surface area contributed by atoms with Crippen LogP contribution in [0.25, 0.3) is 0 Å². The first-order valence-electron chi connectivity index (χ1n) is 7.31. The lowest BCUT2D eigenvalue weighted by atomic mass is 10.0. The lowest BCUT2D eigenvalue weighted by molar-refractivity contribution is -0.148. The molecule has 5 nitrogen and oxygen atoms in total. The molecular weight excluding hydrogens is 341 g/mol. The van der Waals surface area contributed by atoms with Crippen molar-refractivity contribution in [2.45, 2.75) is 33.2 Å². The predicted molar refractivity (Wildman–Crippen MR) is 86.8 cm³/mol. The molecule has 7 heteroatoms. The van der Waals surface area contributed by atoms with E-state index in [1.165, 1.54) is 12.1 Å². The molecule has 2 amide bonds. The Labute approximate surface area is 144 Å². The first kappa shape index (κ1) is 17.8. The number of esters is 1. The summed E-state index contributed by atoms with van der Waals surface area (Å²) in [4.78, 5) is 38.4. The second-order valence-corrected chi connectivity index (χ2v) is 6.50. The average molecular weight is 358 g/mol. The molecule has 1 atom stereocenters. The summed E-state index contributed by atoms with van der Waals surface area (Å²) in [5, 5.41) is 0.370. The molecule has 0 fully saturated rings. The summed E-state index contributed by atoms with van der Waals surface area (Å²) >= 11 is 11.8. The van der Waals surface area contributed by atoms with Gasteiger partial charge in [-0.1, -0.05) is 37.0 Å². The van der Waals surface area contributed by atoms with Crippen molar-refractivity contribution in [2.75, 3.05) is 6.61 Å². The number of carbonyl (C=O) groups is 3. The zero-order chi connectivity index (χ0) is 17.3. The Morgan fingerprint density at radius 2 is 1.61 bits per heavy atom. The first-order chi connectivity index (χ1) is 10.8. The molecule has 1 aliphatic rings. The molecule has 0 unspecified atom stereocenters. The van der Waals surface area contributed by atoms with Crippen LogP contribution in [0.4, 0.5) is 0 Å². The van der Waals surface area contributed by atoms with Gasteiger partial charge in [-0.2, -0.15) is 0 Å². The fourth-order valence-corrected chi connectivity index (χ4v) is 2.85. The fraction of sp³-hybridized carbons (Fsp3) is 0.438. The van der Waals surface area contributed by atoms with Crippen LogP contribution in [0.3, 0.4) is 0 Å². The normalized spacial score (nSPS) is 15.1. The van der Waals surface area contributed by atoms with Crippen LogP contribution in [-0.4, -0.2) is 35.3 Å². The number of amides is 2. The minimum atomic E-state index is -0.958. The van der Waals surface area contributed by atoms with Crippen molar-refractivity contribution in [1.82, 2.24) is 4.90 Å². The number of ether oxygens (including phenoxy) is 1. The molecule has 0 aliphatic carbocycles. The predicted octanol–water partition coefficient (Wildman–Crippen LogP) is 3.57. The Morgan fingerprint density at radius 1 is 1.13 bits per heavy atom. The third-order valence-corrected chi connectivity index (χ3v) is 4.25. The van der Waals surface area contributed by atoms with Gasteiger partial charge in [0.15, 0.2) is 0 Å². The van der Waals surface area contributed by atoms with Gasteiger partial charge in [0.05, 0.1) is 27.8 Å². The third kappa shape index (κ3) is 3.35. The van der Waals surface area contributed by atoms with Gasteiger partial charge in [-0.15, -0.1) is 0 Å². The largest absolute Gasteiger partial charge is 0.464 e. The van der Waals surface area contributed by atoms with Crippen LogP contribution in [0, 0.1) is 5.92 Å². The number of hydrogen-bond acceptors (Lipinski definition) is 4. The van der Waals surface area contributed by atoms with Crippen molar-refractivity contribution >= 4 is 41.0 Å². The molecule has 0 radical (unpaired) electrons. The van der Waals surface area contributed by atoms with E-state index in [2.05, 4.69) is 0 Å². The Morgan fingerprint density at radius 3 is 2.00 bits per heavy atom. The van der Waals surface area contributed by atoms with Crippen molar-refractivity contribution in [3.8, 4) is 0 Å². The molecule has 0 bridgehead atoms. The molecule has 0 spiro atoms. The zero-order valence-corrected chi connectivity index (χ0v) is 14.6. The van der Waals surface area contributed by atoms with Gasteiger partial charge in [-0.25, -0.2) is 4.79 Å². The smallest absolute Gasteiger partial charge is 0.329 e. The summed E-state index contributed by atoms with van der Waals surface area (Å²) in [5.41, 5.74) is 0.310. The molecular formula is C16H17Cl2NO4. The highest BCUT2D eigenvalue weighted by molar-refractivity contribution is 6.43. The van der Waals surface area contributed by atoms with Crippen LogP contribution in [0.15, 0.2) is 12.1 Å². The van der Waals surface area contributed by atoms with Crippen molar-refractivity contribution in [1.29, 1.82) is 0 Å². The van der Waals surface area contributed by atoms with E-state index in [-0.39, 0.29) is 33.7 Å². The molecule has 1 heterocycles. The van der Waals surface area contributed by atoms with Crippen molar-refractivity contribution in [2.24, 2.45) is 5.92 Å². The highest BCUT2D eigenvalue weighted by Gasteiger charge is 2.44. The van der Waals surface area contributed by atoms with E-state index in [0.29, 0.717) is 6.42 Å². The number of carbonyl (C=O) groups excluding carboxylic acids is 3. The van der Waals surface area contributed by atoms with Gasteiger partial charge in [0, 0.05) is 0 Å². The van der Waals surface area contributed by atoms with Crippen LogP contribution in [-0.2, 0) is 9.53 Å². The molecule has 1 aromatic carbocycles. The van der Waals surface area contributed by atoms with Crippen molar-refractivity contribution in [3.63, 3.8) is 0 Å². The molecule has 0 aromatic heterocycles. The summed E-state index contributed by atoms with van der Waals surface area (Å²) in [5.74, 6) is -1.60. The fourth-order valence-electron chi connectivity index (χ4n) is 2.53. The maximum atomic E-state index is 12.6. The molecule has 124 valence electrons. The maximum absolute atomic E-state index is 12.6. The van der Waals surface area contributed by atoms with E-state index in [1.54, 1.807) is 6.92 Å². The number of imide groups is 1. The summed E-state index contributed by atoms with van der Waals surface area (Å²) < 4.78 is 5.02. The standard InChI is InChI=1S/C16H17Cl2NO4/c1-4-23-16(22)13(5-8(2)3)19-14(20)9-6-11(17)12(18)7-10(9)15(19)21/h6-8,13H,4-5H2,1-3H3/t13-/m1/s1. The minimum Gasteiger partial charge on any atom is -0.464 e. The van der Waals surface area contributed by atoms with Gasteiger partial charge in [0.1, 0.15) is 6.04 Å². The molecule has 1 aliphatic heterocycles. The number of rotatable bonds is 5. The number of fused-ring (bicyclic) bond motifs is 1. The quantitative estimate of drug-likeness (QED) is 0.596. The number of nitrogens with zero attached hydrogens (tertiary/aromatic N) is 1. The molecule has 1 aromatic rings. The highest BCUT2D eigenvalue weighted by atomic mass is 35.5. The van der Waals surface area contributed by atoms with Crippen LogP contribution in [0.5, 0.6) is 0 Å². The third-order valence-electron chi connectivity index (χ3n) is 3.52. The van der Waals surface area contributed by atoms with E-state index >= 15 is 0 Å². The van der Waals surface area contributed by atoms with Crippen LogP contribution < -0.4 is 0 Å². The van der Waals surface area contributed by atoms with Crippen LogP contribution in [0.1, 0.15) is 47.9 Å². The molecule has 0 N–H and O–H groups in total. The van der Waals surface area contributed by atoms with Gasteiger partial charge in [-0.05, 0) is 31.4 Å². The Balaban J connectivity index is 2.43. The second kappa shape index (κ2) is 6.89. The lowest BCUT2D eigenvalue weighted by Gasteiger charge is -2.25. The number of halogens is 2. The van der Waals surface area contributed by atoms with Crippen molar-refractivity contribution < 1.29 is 19.1 Å². The van der Waals surface area contributed by atoms with Gasteiger partial charge in [0.2, 0.25) is 0 Å². The topological polar surface area (TPSA) is 63.7 Å². The van der Waals surface area contributed by atoms with Gasteiger partial charge in [-0.3, -0.25) is 14.5 Å². The summed E-state index contributed by atoms with van der Waals surface area (Å²) in [6, 6.07) is 1.76. The molecule has 0 saturated carbocycles. The van der Waals surface area contributed by atoms with E-state index in [1.807, 2.05) is 13.8 Å².